The maximum Gasteiger partial charge on any atom is 0.272 e. The molecule has 1 fully saturated rings. The second kappa shape index (κ2) is 7.17. The van der Waals surface area contributed by atoms with Crippen molar-refractivity contribution in [1.82, 2.24) is 20.4 Å². The largest absolute Gasteiger partial charge is 0.373 e. The summed E-state index contributed by atoms with van der Waals surface area (Å²) in [7, 11) is 0. The molecule has 1 aromatic carbocycles. The zero-order chi connectivity index (χ0) is 18.9. The summed E-state index contributed by atoms with van der Waals surface area (Å²) < 4.78 is 5.79. The second-order valence-corrected chi connectivity index (χ2v) is 7.60. The van der Waals surface area contributed by atoms with Crippen LogP contribution in [0.25, 0.3) is 10.8 Å². The molecular formula is C19H26N4O3. The Morgan fingerprint density at radius 2 is 1.88 bits per heavy atom. The lowest BCUT2D eigenvalue weighted by molar-refractivity contribution is -0.0948. The van der Waals surface area contributed by atoms with E-state index < -0.39 is 0 Å². The fourth-order valence-corrected chi connectivity index (χ4v) is 3.45. The third-order valence-electron chi connectivity index (χ3n) is 4.87. The van der Waals surface area contributed by atoms with Crippen LogP contribution >= 0.6 is 0 Å². The lowest BCUT2D eigenvalue weighted by Crippen LogP contribution is -2.58. The van der Waals surface area contributed by atoms with E-state index in [1.807, 2.05) is 0 Å². The predicted octanol–water partition coefficient (Wildman–Crippen LogP) is 1.54. The number of aromatic nitrogens is 2. The van der Waals surface area contributed by atoms with Crippen LogP contribution in [0.3, 0.4) is 0 Å². The number of aromatic amines is 1. The normalized spacial score (nSPS) is 21.7. The standard InChI is InChI=1S/C19H26N4O3/c1-12-9-23(10-13(2)26-12)19(3,4)11-20-18(25)16-14-7-5-6-8-15(14)17(24)22-21-16/h5-8,12-13H,9-11H2,1-4H3,(H,20,25)(H,22,24). The molecule has 2 aromatic rings. The summed E-state index contributed by atoms with van der Waals surface area (Å²) in [5.41, 5.74) is -0.284. The monoisotopic (exact) mass is 358 g/mol. The van der Waals surface area contributed by atoms with Crippen molar-refractivity contribution in [2.75, 3.05) is 19.6 Å². The summed E-state index contributed by atoms with van der Waals surface area (Å²) in [4.78, 5) is 26.9. The Bertz CT molecular complexity index is 851. The van der Waals surface area contributed by atoms with Gasteiger partial charge in [-0.2, -0.15) is 5.10 Å². The number of benzene rings is 1. The molecule has 1 aliphatic heterocycles. The molecule has 1 aliphatic rings. The summed E-state index contributed by atoms with van der Waals surface area (Å²) >= 11 is 0. The van der Waals surface area contributed by atoms with Gasteiger partial charge in [0, 0.05) is 30.6 Å². The fraction of sp³-hybridized carbons (Fsp3) is 0.526. The first-order chi connectivity index (χ1) is 12.3. The second-order valence-electron chi connectivity index (χ2n) is 7.60. The van der Waals surface area contributed by atoms with E-state index in [1.165, 1.54) is 0 Å². The highest BCUT2D eigenvalue weighted by Crippen LogP contribution is 2.21. The Kier molecular flexibility index (Phi) is 5.11. The molecular weight excluding hydrogens is 332 g/mol. The number of morpholine rings is 1. The van der Waals surface area contributed by atoms with Crippen LogP contribution in [0.15, 0.2) is 29.1 Å². The molecule has 1 saturated heterocycles. The average molecular weight is 358 g/mol. The van der Waals surface area contributed by atoms with Gasteiger partial charge >= 0.3 is 0 Å². The first-order valence-corrected chi connectivity index (χ1v) is 8.94. The van der Waals surface area contributed by atoms with Crippen molar-refractivity contribution in [2.45, 2.75) is 45.4 Å². The van der Waals surface area contributed by atoms with E-state index in [1.54, 1.807) is 24.3 Å². The van der Waals surface area contributed by atoms with Crippen LogP contribution < -0.4 is 10.9 Å². The maximum absolute atomic E-state index is 12.7. The molecule has 140 valence electrons. The molecule has 0 radical (unpaired) electrons. The first-order valence-electron chi connectivity index (χ1n) is 8.94. The number of nitrogens with one attached hydrogen (secondary N) is 2. The molecule has 0 aliphatic carbocycles. The number of ether oxygens (including phenoxy) is 1. The first kappa shape index (κ1) is 18.5. The highest BCUT2D eigenvalue weighted by molar-refractivity contribution is 6.04. The Morgan fingerprint density at radius 1 is 1.27 bits per heavy atom. The number of nitrogens with zero attached hydrogens (tertiary/aromatic N) is 2. The minimum Gasteiger partial charge on any atom is -0.373 e. The number of hydrogen-bond donors (Lipinski definition) is 2. The van der Waals surface area contributed by atoms with Gasteiger partial charge in [0.25, 0.3) is 11.5 Å². The van der Waals surface area contributed by atoms with Crippen LogP contribution in [0.2, 0.25) is 0 Å². The number of H-pyrrole nitrogens is 1. The van der Waals surface area contributed by atoms with Gasteiger partial charge in [-0.25, -0.2) is 5.10 Å². The molecule has 0 bridgehead atoms. The average Bonchev–Trinajstić information content (AvgIpc) is 2.59. The third kappa shape index (κ3) is 3.78. The van der Waals surface area contributed by atoms with E-state index in [4.69, 9.17) is 4.74 Å². The lowest BCUT2D eigenvalue weighted by Gasteiger charge is -2.45. The van der Waals surface area contributed by atoms with Gasteiger partial charge in [0.1, 0.15) is 0 Å². The molecule has 2 unspecified atom stereocenters. The van der Waals surface area contributed by atoms with Crippen molar-refractivity contribution in [3.8, 4) is 0 Å². The van der Waals surface area contributed by atoms with Crippen LogP contribution in [0, 0.1) is 0 Å². The SMILES string of the molecule is CC1CN(C(C)(C)CNC(=O)c2n[nH]c(=O)c3ccccc23)CC(C)O1. The highest BCUT2D eigenvalue weighted by Gasteiger charge is 2.33. The van der Waals surface area contributed by atoms with Crippen LogP contribution in [-0.2, 0) is 4.74 Å². The molecule has 7 heteroatoms. The molecule has 0 spiro atoms. The number of fused-ring (bicyclic) bond motifs is 1. The molecule has 2 atom stereocenters. The smallest absolute Gasteiger partial charge is 0.272 e. The number of carbonyl (C=O) groups excluding carboxylic acids is 1. The maximum atomic E-state index is 12.7. The van der Waals surface area contributed by atoms with Gasteiger partial charge < -0.3 is 10.1 Å². The van der Waals surface area contributed by atoms with Gasteiger partial charge in [0.15, 0.2) is 5.69 Å². The minimum atomic E-state index is -0.297. The van der Waals surface area contributed by atoms with Crippen molar-refractivity contribution < 1.29 is 9.53 Å². The van der Waals surface area contributed by atoms with Gasteiger partial charge in [-0.05, 0) is 33.8 Å². The summed E-state index contributed by atoms with van der Waals surface area (Å²) in [6.07, 6.45) is 0.331. The molecule has 1 aromatic heterocycles. The van der Waals surface area contributed by atoms with Crippen LogP contribution in [-0.4, -0.2) is 58.4 Å². The van der Waals surface area contributed by atoms with Crippen molar-refractivity contribution in [3.63, 3.8) is 0 Å². The van der Waals surface area contributed by atoms with Crippen molar-refractivity contribution >= 4 is 16.7 Å². The quantitative estimate of drug-likeness (QED) is 0.866. The van der Waals surface area contributed by atoms with E-state index in [9.17, 15) is 9.59 Å². The Labute approximate surface area is 152 Å². The van der Waals surface area contributed by atoms with Crippen molar-refractivity contribution in [2.24, 2.45) is 0 Å². The fourth-order valence-electron chi connectivity index (χ4n) is 3.45. The summed E-state index contributed by atoms with van der Waals surface area (Å²) in [6, 6.07) is 6.99. The Hall–Kier alpha value is -2.25. The number of rotatable bonds is 4. The number of hydrogen-bond acceptors (Lipinski definition) is 5. The molecule has 3 rings (SSSR count). The van der Waals surface area contributed by atoms with E-state index in [0.29, 0.717) is 17.3 Å². The zero-order valence-electron chi connectivity index (χ0n) is 15.7. The topological polar surface area (TPSA) is 87.3 Å². The van der Waals surface area contributed by atoms with E-state index in [2.05, 4.69) is 48.1 Å². The minimum absolute atomic E-state index is 0.165. The molecule has 2 heterocycles. The Morgan fingerprint density at radius 3 is 2.54 bits per heavy atom. The zero-order valence-corrected chi connectivity index (χ0v) is 15.7. The van der Waals surface area contributed by atoms with Gasteiger partial charge in [-0.1, -0.05) is 18.2 Å². The summed E-state index contributed by atoms with van der Waals surface area (Å²) in [6.45, 7) is 10.5. The van der Waals surface area contributed by atoms with E-state index in [0.717, 1.165) is 13.1 Å². The Balaban J connectivity index is 1.75. The predicted molar refractivity (Wildman–Crippen MR) is 100 cm³/mol. The summed E-state index contributed by atoms with van der Waals surface area (Å²) in [5, 5.41) is 10.4. The van der Waals surface area contributed by atoms with E-state index in [-0.39, 0.29) is 34.9 Å². The molecule has 26 heavy (non-hydrogen) atoms. The highest BCUT2D eigenvalue weighted by atomic mass is 16.5. The number of carbonyl (C=O) groups is 1. The van der Waals surface area contributed by atoms with E-state index >= 15 is 0 Å². The van der Waals surface area contributed by atoms with Crippen molar-refractivity contribution in [3.05, 3.63) is 40.3 Å². The van der Waals surface area contributed by atoms with Gasteiger partial charge in [0.2, 0.25) is 0 Å². The summed E-state index contributed by atoms with van der Waals surface area (Å²) in [5.74, 6) is -0.292. The van der Waals surface area contributed by atoms with Crippen LogP contribution in [0.4, 0.5) is 0 Å². The number of amides is 1. The van der Waals surface area contributed by atoms with Crippen molar-refractivity contribution in [1.29, 1.82) is 0 Å². The van der Waals surface area contributed by atoms with Gasteiger partial charge in [0.05, 0.1) is 17.6 Å². The van der Waals surface area contributed by atoms with Crippen LogP contribution in [0.1, 0.15) is 38.2 Å². The third-order valence-corrected chi connectivity index (χ3v) is 4.87. The lowest BCUT2D eigenvalue weighted by atomic mass is 10.00. The molecule has 1 amide bonds. The molecule has 7 nitrogen and oxygen atoms in total. The van der Waals surface area contributed by atoms with Gasteiger partial charge in [-0.3, -0.25) is 14.5 Å². The van der Waals surface area contributed by atoms with Gasteiger partial charge in [-0.15, -0.1) is 0 Å². The molecule has 0 saturated carbocycles. The molecule has 2 N–H and O–H groups in total. The van der Waals surface area contributed by atoms with Crippen LogP contribution in [0.5, 0.6) is 0 Å².